The largest absolute Gasteiger partial charge is 0.288 e. The molecule has 0 aliphatic rings. The normalized spacial score (nSPS) is 46.5. The van der Waals surface area contributed by atoms with Gasteiger partial charge in [0.15, 0.2) is 0 Å². The molecule has 0 aromatic heterocycles. The molecule has 0 aromatic carbocycles. The van der Waals surface area contributed by atoms with Gasteiger partial charge in [-0.25, -0.2) is 0 Å². The summed E-state index contributed by atoms with van der Waals surface area (Å²) in [5.41, 5.74) is 0. The lowest BCUT2D eigenvalue weighted by molar-refractivity contribution is 0.690. The molecule has 0 N–H and O–H groups in total. The van der Waals surface area contributed by atoms with Crippen molar-refractivity contribution >= 4 is 10.6 Å². The second kappa shape index (κ2) is 1.47. The molecule has 0 aliphatic carbocycles. The van der Waals surface area contributed by atoms with E-state index in [1.54, 1.807) is 0 Å². The quantitative estimate of drug-likeness (QED) is 0.387. The van der Waals surface area contributed by atoms with Crippen molar-refractivity contribution in [3.05, 3.63) is 0 Å². The maximum absolute atomic E-state index is 10.8. The molecule has 0 radical (unpaired) electrons. The third-order valence-electron chi connectivity index (χ3n) is 0. The van der Waals surface area contributed by atoms with E-state index in [9.17, 15) is 4.21 Å². The molecule has 0 fully saturated rings. The highest BCUT2D eigenvalue weighted by Gasteiger charge is 1.49. The van der Waals surface area contributed by atoms with Gasteiger partial charge in [0.2, 0.25) is 0 Å². The predicted octanol–water partition coefficient (Wildman–Crippen LogP) is -0.541. The minimum Gasteiger partial charge on any atom is -0.288 e. The average molecular weight is 86.2 g/mol. The third-order valence-corrected chi connectivity index (χ3v) is 0. The Bertz CT molecular complexity index is 186. The van der Waals surface area contributed by atoms with Gasteiger partial charge in [-0.3, -0.25) is 4.21 Å². The summed E-state index contributed by atoms with van der Waals surface area (Å²) in [5, 5.41) is 0. The van der Waals surface area contributed by atoms with Crippen molar-refractivity contribution in [2.75, 3.05) is 12.4 Å². The van der Waals surface area contributed by atoms with E-state index in [-0.39, 0.29) is 0 Å². The molecule has 2 heteroatoms. The first-order chi connectivity index (χ1) is 4.09. The van der Waals surface area contributed by atoms with Crippen LogP contribution in [0.2, 0.25) is 0 Å². The van der Waals surface area contributed by atoms with Crippen LogP contribution in [-0.4, -0.2) is 18.9 Å². The Kier molecular flexibility index (Phi) is 0.180. The summed E-state index contributed by atoms with van der Waals surface area (Å²) in [6.45, 7) is 0. The van der Waals surface area contributed by atoms with Crippen molar-refractivity contribution in [3.8, 4) is 0 Å². The van der Waals surface area contributed by atoms with Gasteiger partial charge in [0, 0.05) is 5.48 Å². The van der Waals surface area contributed by atoms with Crippen LogP contribution in [0.1, 0.15) is 5.48 Å². The van der Waals surface area contributed by atoms with Crippen molar-refractivity contribution in [1.29, 1.82) is 2.25 Å². The maximum Gasteiger partial charge on any atom is 0.112 e. The monoisotopic (exact) mass is 86.1 g/mol. The topological polar surface area (TPSA) is 17.1 Å². The van der Waals surface area contributed by atoms with E-state index >= 15 is 0 Å². The van der Waals surface area contributed by atoms with Crippen molar-refractivity contribution in [1.82, 2.24) is 0 Å². The third kappa shape index (κ3) is 126. The molecule has 0 saturated heterocycles. The van der Waals surface area contributed by atoms with Gasteiger partial charge in [-0.05, 0) is 12.4 Å². The molecule has 0 saturated carbocycles. The van der Waals surface area contributed by atoms with E-state index in [1.165, 1.54) is 0 Å². The SMILES string of the molecule is [2H]CS([2H])([2H])(=O)C([2H])([2H])[2H]. The second-order valence-electron chi connectivity index (χ2n) is 0.346. The lowest BCUT2D eigenvalue weighted by Crippen LogP contribution is -1.70. The molecule has 1 nitrogen and oxygen atoms in total. The molecule has 0 heterocycles. The van der Waals surface area contributed by atoms with Crippen LogP contribution in [0, 0.1) is 0 Å². The van der Waals surface area contributed by atoms with Gasteiger partial charge in [-0.2, -0.15) is 0 Å². The summed E-state index contributed by atoms with van der Waals surface area (Å²) in [5.74, 6) is 0. The van der Waals surface area contributed by atoms with Gasteiger partial charge in [0.05, 0.1) is 0 Å². The van der Waals surface area contributed by atoms with Crippen LogP contribution in [-0.2, 0) is 10.6 Å². The van der Waals surface area contributed by atoms with E-state index in [0.29, 0.717) is 0 Å². The highest BCUT2D eigenvalue weighted by molar-refractivity contribution is 7.83. The first-order valence-electron chi connectivity index (χ1n) is 3.68. The fourth-order valence-corrected chi connectivity index (χ4v) is 0. The van der Waals surface area contributed by atoms with E-state index in [0.717, 1.165) is 0 Å². The van der Waals surface area contributed by atoms with Crippen LogP contribution in [0.4, 0.5) is 0 Å². The summed E-state index contributed by atoms with van der Waals surface area (Å²) in [7, 11) is -5.18. The van der Waals surface area contributed by atoms with Crippen LogP contribution in [0.5, 0.6) is 0 Å². The Morgan fingerprint density at radius 1 is 2.50 bits per heavy atom. The minimum atomic E-state index is -5.18. The highest BCUT2D eigenvalue weighted by Crippen LogP contribution is 1.47. The summed E-state index contributed by atoms with van der Waals surface area (Å²) in [6, 6.07) is 0. The summed E-state index contributed by atoms with van der Waals surface area (Å²) < 4.78 is 50.0. The molecule has 0 rings (SSSR count). The zero-order valence-corrected chi connectivity index (χ0v) is 2.84. The Labute approximate surface area is 36.3 Å². The Morgan fingerprint density at radius 2 is 3.25 bits per heavy atom. The van der Waals surface area contributed by atoms with Gasteiger partial charge in [0.1, 0.15) is 2.25 Å². The maximum atomic E-state index is 10.8. The van der Waals surface area contributed by atoms with E-state index in [2.05, 4.69) is 0 Å². The van der Waals surface area contributed by atoms with Crippen LogP contribution in [0.25, 0.3) is 0 Å². The predicted molar refractivity (Wildman–Crippen MR) is 22.8 cm³/mol. The first kappa shape index (κ1) is 0.492. The minimum absolute atomic E-state index is 1.20. The van der Waals surface area contributed by atoms with Crippen molar-refractivity contribution in [2.24, 2.45) is 0 Å². The van der Waals surface area contributed by atoms with Gasteiger partial charge >= 0.3 is 0 Å². The van der Waals surface area contributed by atoms with E-state index in [4.69, 9.17) is 7.73 Å². The van der Waals surface area contributed by atoms with Crippen LogP contribution in [0.15, 0.2) is 0 Å². The van der Waals surface area contributed by atoms with E-state index < -0.39 is 23.0 Å². The molecule has 0 bridgehead atoms. The molecule has 0 aromatic rings. The molecular weight excluding hydrogens is 72.1 g/mol. The Balaban J connectivity index is 4.91. The van der Waals surface area contributed by atoms with Gasteiger partial charge in [0.25, 0.3) is 0 Å². The molecule has 28 valence electrons. The molecular formula is C2H8OS. The molecule has 4 heavy (non-hydrogen) atoms. The van der Waals surface area contributed by atoms with Gasteiger partial charge in [-0.15, -0.1) is 10.6 Å². The number of rotatable bonds is 0. The van der Waals surface area contributed by atoms with Crippen LogP contribution in [0.3, 0.4) is 0 Å². The average Bonchev–Trinajstić information content (AvgIpc) is 1.62. The molecule has 0 atom stereocenters. The summed E-state index contributed by atoms with van der Waals surface area (Å²) in [4.78, 5) is 0. The van der Waals surface area contributed by atoms with Crippen molar-refractivity contribution in [2.45, 2.75) is 0 Å². The first-order valence-corrected chi connectivity index (χ1v) is 1.98. The Hall–Kier alpha value is 0.150. The Morgan fingerprint density at radius 3 is 3.25 bits per heavy atom. The standard InChI is InChI=1S/C2H8OS/c1-4(2)3/h4H2,1-2H3/i1D,2D3,4D2. The second-order valence-corrected chi connectivity index (χ2v) is 1.04. The number of hydrogen-bond donors (Lipinski definition) is 0. The zero-order chi connectivity index (χ0) is 8.65. The van der Waals surface area contributed by atoms with Crippen LogP contribution >= 0.6 is 0 Å². The molecule has 0 unspecified atom stereocenters. The van der Waals surface area contributed by atoms with E-state index in [1.807, 2.05) is 0 Å². The van der Waals surface area contributed by atoms with Gasteiger partial charge in [-0.1, -0.05) is 0 Å². The fourth-order valence-electron chi connectivity index (χ4n) is 0. The zero-order valence-electron chi connectivity index (χ0n) is 8.02. The fraction of sp³-hybridized carbons (Fsp3) is 1.00. The molecule has 0 amide bonds. The highest BCUT2D eigenvalue weighted by atomic mass is 32.2. The smallest absolute Gasteiger partial charge is 0.112 e. The number of hydrogen-bond acceptors (Lipinski definition) is 1. The summed E-state index contributed by atoms with van der Waals surface area (Å²) in [6.07, 6.45) is -4.37. The molecule has 0 aliphatic heterocycles. The van der Waals surface area contributed by atoms with Gasteiger partial charge < -0.3 is 0 Å². The summed E-state index contributed by atoms with van der Waals surface area (Å²) >= 11 is 0. The molecule has 0 spiro atoms. The van der Waals surface area contributed by atoms with Crippen molar-refractivity contribution < 1.29 is 9.69 Å². The lowest BCUT2D eigenvalue weighted by atomic mass is 11.9. The lowest BCUT2D eigenvalue weighted by Gasteiger charge is -1.68. The van der Waals surface area contributed by atoms with Crippen LogP contribution < -0.4 is 0 Å². The van der Waals surface area contributed by atoms with Crippen molar-refractivity contribution in [3.63, 3.8) is 0 Å².